The van der Waals surface area contributed by atoms with Crippen LogP contribution in [0.25, 0.3) is 0 Å². The first-order valence-electron chi connectivity index (χ1n) is 8.81. The molecule has 1 aromatic carbocycles. The van der Waals surface area contributed by atoms with Crippen molar-refractivity contribution in [1.82, 2.24) is 20.0 Å². The zero-order chi connectivity index (χ0) is 16.4. The summed E-state index contributed by atoms with van der Waals surface area (Å²) in [6.07, 6.45) is 7.24. The Labute approximate surface area is 142 Å². The molecule has 0 saturated carbocycles. The Morgan fingerprint density at radius 1 is 1.17 bits per heavy atom. The van der Waals surface area contributed by atoms with Gasteiger partial charge < -0.3 is 10.2 Å². The number of hydrogen-bond acceptors (Lipinski definition) is 3. The van der Waals surface area contributed by atoms with Crippen molar-refractivity contribution in [2.45, 2.75) is 25.8 Å². The lowest BCUT2D eigenvalue weighted by Crippen LogP contribution is -2.44. The maximum Gasteiger partial charge on any atom is 0.253 e. The molecule has 0 aliphatic carbocycles. The van der Waals surface area contributed by atoms with Crippen molar-refractivity contribution in [2.75, 3.05) is 26.2 Å². The Morgan fingerprint density at radius 3 is 2.58 bits per heavy atom. The third-order valence-corrected chi connectivity index (χ3v) is 5.55. The van der Waals surface area contributed by atoms with Gasteiger partial charge in [-0.15, -0.1) is 0 Å². The molecule has 2 fully saturated rings. The Hall–Kier alpha value is -2.14. The minimum Gasteiger partial charge on any atom is -0.339 e. The first kappa shape index (κ1) is 15.4. The maximum atomic E-state index is 12.7. The van der Waals surface area contributed by atoms with Crippen LogP contribution >= 0.6 is 0 Å². The molecular formula is C19H24N4O. The summed E-state index contributed by atoms with van der Waals surface area (Å²) in [5, 5.41) is 7.69. The Morgan fingerprint density at radius 2 is 1.96 bits per heavy atom. The van der Waals surface area contributed by atoms with Crippen LogP contribution in [0.3, 0.4) is 0 Å². The van der Waals surface area contributed by atoms with E-state index in [1.807, 2.05) is 46.1 Å². The van der Waals surface area contributed by atoms with Gasteiger partial charge in [-0.3, -0.25) is 9.48 Å². The van der Waals surface area contributed by atoms with Gasteiger partial charge in [-0.1, -0.05) is 12.1 Å². The number of piperidine rings is 1. The first-order chi connectivity index (χ1) is 11.7. The van der Waals surface area contributed by atoms with Crippen LogP contribution < -0.4 is 5.32 Å². The molecule has 2 aliphatic rings. The highest BCUT2D eigenvalue weighted by Gasteiger charge is 2.38. The van der Waals surface area contributed by atoms with Gasteiger partial charge in [-0.05, 0) is 55.0 Å². The van der Waals surface area contributed by atoms with Gasteiger partial charge in [0.2, 0.25) is 0 Å². The molecule has 4 rings (SSSR count). The summed E-state index contributed by atoms with van der Waals surface area (Å²) in [5.41, 5.74) is 2.40. The molecule has 24 heavy (non-hydrogen) atoms. The SMILES string of the molecule is O=C(c1ccc(Cn2cccn2)cc1)N1CCC2(CCNC2)CC1. The van der Waals surface area contributed by atoms with E-state index in [1.54, 1.807) is 6.20 Å². The molecule has 5 nitrogen and oxygen atoms in total. The molecule has 0 atom stereocenters. The van der Waals surface area contributed by atoms with E-state index in [2.05, 4.69) is 10.4 Å². The van der Waals surface area contributed by atoms with Gasteiger partial charge in [-0.2, -0.15) is 5.10 Å². The van der Waals surface area contributed by atoms with Crippen LogP contribution in [0, 0.1) is 5.41 Å². The van der Waals surface area contributed by atoms with Gasteiger partial charge in [0.05, 0.1) is 6.54 Å². The highest BCUT2D eigenvalue weighted by atomic mass is 16.2. The largest absolute Gasteiger partial charge is 0.339 e. The third kappa shape index (κ3) is 3.08. The number of rotatable bonds is 3. The van der Waals surface area contributed by atoms with Crippen LogP contribution in [-0.2, 0) is 6.54 Å². The van der Waals surface area contributed by atoms with Gasteiger partial charge in [0.1, 0.15) is 0 Å². The minimum atomic E-state index is 0.168. The molecule has 1 aromatic heterocycles. The fourth-order valence-electron chi connectivity index (χ4n) is 3.92. The maximum absolute atomic E-state index is 12.7. The smallest absolute Gasteiger partial charge is 0.253 e. The van der Waals surface area contributed by atoms with Crippen molar-refractivity contribution in [3.8, 4) is 0 Å². The highest BCUT2D eigenvalue weighted by molar-refractivity contribution is 5.94. The van der Waals surface area contributed by atoms with E-state index in [0.29, 0.717) is 5.41 Å². The molecule has 0 unspecified atom stereocenters. The second-order valence-electron chi connectivity index (χ2n) is 7.12. The van der Waals surface area contributed by atoms with Crippen molar-refractivity contribution >= 4 is 5.91 Å². The molecule has 126 valence electrons. The molecule has 0 bridgehead atoms. The van der Waals surface area contributed by atoms with Crippen LogP contribution in [0.4, 0.5) is 0 Å². The number of benzene rings is 1. The molecule has 2 aromatic rings. The van der Waals surface area contributed by atoms with Gasteiger partial charge >= 0.3 is 0 Å². The lowest BCUT2D eigenvalue weighted by Gasteiger charge is -2.38. The summed E-state index contributed by atoms with van der Waals surface area (Å²) in [7, 11) is 0. The summed E-state index contributed by atoms with van der Waals surface area (Å²) in [6, 6.07) is 9.87. The van der Waals surface area contributed by atoms with Crippen molar-refractivity contribution in [3.05, 3.63) is 53.9 Å². The zero-order valence-electron chi connectivity index (χ0n) is 13.9. The van der Waals surface area contributed by atoms with Crippen molar-refractivity contribution in [2.24, 2.45) is 5.41 Å². The quantitative estimate of drug-likeness (QED) is 0.941. The minimum absolute atomic E-state index is 0.168. The normalized spacial score (nSPS) is 19.8. The van der Waals surface area contributed by atoms with Crippen LogP contribution in [0.1, 0.15) is 35.2 Å². The number of nitrogens with zero attached hydrogens (tertiary/aromatic N) is 3. The summed E-state index contributed by atoms with van der Waals surface area (Å²) in [6.45, 7) is 4.76. The van der Waals surface area contributed by atoms with E-state index in [-0.39, 0.29) is 5.91 Å². The predicted octanol–water partition coefficient (Wildman–Crippen LogP) is 2.15. The number of aromatic nitrogens is 2. The number of nitrogens with one attached hydrogen (secondary N) is 1. The molecule has 1 spiro atoms. The van der Waals surface area contributed by atoms with Gasteiger partial charge in [0, 0.05) is 37.6 Å². The number of carbonyl (C=O) groups is 1. The average molecular weight is 324 g/mol. The average Bonchev–Trinajstić information content (AvgIpc) is 3.28. The van der Waals surface area contributed by atoms with Gasteiger partial charge in [0.15, 0.2) is 0 Å². The van der Waals surface area contributed by atoms with Crippen molar-refractivity contribution < 1.29 is 4.79 Å². The van der Waals surface area contributed by atoms with Crippen LogP contribution in [0.15, 0.2) is 42.7 Å². The lowest BCUT2D eigenvalue weighted by molar-refractivity contribution is 0.0607. The van der Waals surface area contributed by atoms with E-state index in [4.69, 9.17) is 0 Å². The molecule has 5 heteroatoms. The van der Waals surface area contributed by atoms with Crippen molar-refractivity contribution in [3.63, 3.8) is 0 Å². The predicted molar refractivity (Wildman–Crippen MR) is 92.8 cm³/mol. The van der Waals surface area contributed by atoms with Crippen LogP contribution in [-0.4, -0.2) is 46.8 Å². The molecule has 2 aliphatic heterocycles. The molecule has 1 N–H and O–H groups in total. The highest BCUT2D eigenvalue weighted by Crippen LogP contribution is 2.37. The number of carbonyl (C=O) groups excluding carboxylic acids is 1. The molecule has 1 amide bonds. The Balaban J connectivity index is 1.38. The second kappa shape index (κ2) is 6.40. The number of likely N-dealkylation sites (tertiary alicyclic amines) is 1. The van der Waals surface area contributed by atoms with E-state index in [9.17, 15) is 4.79 Å². The Bertz CT molecular complexity index is 677. The van der Waals surface area contributed by atoms with Crippen LogP contribution in [0.2, 0.25) is 0 Å². The monoisotopic (exact) mass is 324 g/mol. The first-order valence-corrected chi connectivity index (χ1v) is 8.81. The fourth-order valence-corrected chi connectivity index (χ4v) is 3.92. The van der Waals surface area contributed by atoms with Gasteiger partial charge in [-0.25, -0.2) is 0 Å². The standard InChI is InChI=1S/C19H24N4O/c24-18(22-12-7-19(8-13-22)6-10-20-15-19)17-4-2-16(3-5-17)14-23-11-1-9-21-23/h1-5,9,11,20H,6-8,10,12-15H2. The molecule has 3 heterocycles. The number of hydrogen-bond donors (Lipinski definition) is 1. The van der Waals surface area contributed by atoms with E-state index in [1.165, 1.54) is 6.42 Å². The second-order valence-corrected chi connectivity index (χ2v) is 7.12. The molecular weight excluding hydrogens is 300 g/mol. The van der Waals surface area contributed by atoms with E-state index >= 15 is 0 Å². The summed E-state index contributed by atoms with van der Waals surface area (Å²) in [5.74, 6) is 0.168. The van der Waals surface area contributed by atoms with Crippen molar-refractivity contribution in [1.29, 1.82) is 0 Å². The zero-order valence-corrected chi connectivity index (χ0v) is 13.9. The summed E-state index contributed by atoms with van der Waals surface area (Å²) >= 11 is 0. The Kier molecular flexibility index (Phi) is 4.10. The van der Waals surface area contributed by atoms with Crippen LogP contribution in [0.5, 0.6) is 0 Å². The van der Waals surface area contributed by atoms with E-state index in [0.717, 1.165) is 56.7 Å². The summed E-state index contributed by atoms with van der Waals surface area (Å²) in [4.78, 5) is 14.7. The molecule has 2 saturated heterocycles. The topological polar surface area (TPSA) is 50.2 Å². The van der Waals surface area contributed by atoms with Gasteiger partial charge in [0.25, 0.3) is 5.91 Å². The third-order valence-electron chi connectivity index (χ3n) is 5.55. The number of amides is 1. The summed E-state index contributed by atoms with van der Waals surface area (Å²) < 4.78 is 1.89. The van der Waals surface area contributed by atoms with E-state index < -0.39 is 0 Å². The fraction of sp³-hybridized carbons (Fsp3) is 0.474. The molecule has 0 radical (unpaired) electrons. The lowest BCUT2D eigenvalue weighted by atomic mass is 9.78.